The average molecular weight is 282 g/mol. The molecule has 0 saturated heterocycles. The Kier molecular flexibility index (Phi) is 15.3. The van der Waals surface area contributed by atoms with E-state index in [1.165, 1.54) is 25.9 Å². The standard InChI is InChI=1S/C6H15N.Ta/c1-3-5-7-6-4-2;/h7H,3-6H2,1-2H3;. The first-order valence-corrected chi connectivity index (χ1v) is 3.12. The molecule has 0 fully saturated rings. The second kappa shape index (κ2) is 10.6. The smallest absolute Gasteiger partial charge is 0 e. The molecule has 0 spiro atoms. The van der Waals surface area contributed by atoms with Gasteiger partial charge in [0.15, 0.2) is 0 Å². The van der Waals surface area contributed by atoms with Crippen LogP contribution >= 0.6 is 0 Å². The molecule has 0 aliphatic carbocycles. The van der Waals surface area contributed by atoms with Gasteiger partial charge in [-0.15, -0.1) is 0 Å². The molecule has 8 heavy (non-hydrogen) atoms. The summed E-state index contributed by atoms with van der Waals surface area (Å²) in [5.41, 5.74) is 0. The Labute approximate surface area is 67.7 Å². The predicted octanol–water partition coefficient (Wildman–Crippen LogP) is 1.39. The van der Waals surface area contributed by atoms with E-state index in [0.717, 1.165) is 0 Å². The molecule has 0 aromatic rings. The van der Waals surface area contributed by atoms with Crippen molar-refractivity contribution < 1.29 is 22.4 Å². The summed E-state index contributed by atoms with van der Waals surface area (Å²) in [4.78, 5) is 0. The molecule has 0 heterocycles. The second-order valence-corrected chi connectivity index (χ2v) is 1.75. The van der Waals surface area contributed by atoms with E-state index >= 15 is 0 Å². The molecule has 0 rings (SSSR count). The molecule has 0 aliphatic heterocycles. The third-order valence-corrected chi connectivity index (χ3v) is 0.854. The number of nitrogens with one attached hydrogen (secondary N) is 1. The van der Waals surface area contributed by atoms with Crippen LogP contribution in [0, 0.1) is 0 Å². The minimum Gasteiger partial charge on any atom is -0.317 e. The molecule has 1 N–H and O–H groups in total. The summed E-state index contributed by atoms with van der Waals surface area (Å²) >= 11 is 0. The SMILES string of the molecule is CCCNCCC.[Ta]. The maximum Gasteiger partial charge on any atom is 0 e. The van der Waals surface area contributed by atoms with Crippen LogP contribution in [0.15, 0.2) is 0 Å². The Morgan fingerprint density at radius 3 is 1.62 bits per heavy atom. The quantitative estimate of drug-likeness (QED) is 0.768. The first-order valence-electron chi connectivity index (χ1n) is 3.12. The van der Waals surface area contributed by atoms with Gasteiger partial charge in [0.25, 0.3) is 0 Å². The fourth-order valence-corrected chi connectivity index (χ4v) is 0.479. The largest absolute Gasteiger partial charge is 0.317 e. The summed E-state index contributed by atoms with van der Waals surface area (Å²) < 4.78 is 0. The van der Waals surface area contributed by atoms with E-state index in [1.54, 1.807) is 0 Å². The molecule has 0 aromatic heterocycles. The Hall–Kier alpha value is 0.700. The number of hydrogen-bond acceptors (Lipinski definition) is 1. The van der Waals surface area contributed by atoms with Crippen LogP contribution in [-0.2, 0) is 22.4 Å². The molecular weight excluding hydrogens is 267 g/mol. The van der Waals surface area contributed by atoms with Crippen LogP contribution in [0.4, 0.5) is 0 Å². The zero-order valence-electron chi connectivity index (χ0n) is 5.78. The number of rotatable bonds is 4. The van der Waals surface area contributed by atoms with Gasteiger partial charge in [0.05, 0.1) is 0 Å². The summed E-state index contributed by atoms with van der Waals surface area (Å²) in [7, 11) is 0. The molecule has 0 atom stereocenters. The van der Waals surface area contributed by atoms with Crippen LogP contribution in [0.5, 0.6) is 0 Å². The molecule has 1 radical (unpaired) electrons. The van der Waals surface area contributed by atoms with Crippen molar-refractivity contribution in [1.29, 1.82) is 0 Å². The molecule has 0 saturated carbocycles. The monoisotopic (exact) mass is 282 g/mol. The van der Waals surface area contributed by atoms with Crippen molar-refractivity contribution in [3.63, 3.8) is 0 Å². The zero-order valence-corrected chi connectivity index (χ0v) is 8.99. The maximum atomic E-state index is 3.28. The first-order chi connectivity index (χ1) is 3.41. The van der Waals surface area contributed by atoms with Gasteiger partial charge in [0, 0.05) is 22.4 Å². The Bertz CT molecular complexity index is 27.7. The minimum absolute atomic E-state index is 0. The van der Waals surface area contributed by atoms with Crippen LogP contribution in [0.3, 0.4) is 0 Å². The Morgan fingerprint density at radius 1 is 1.00 bits per heavy atom. The van der Waals surface area contributed by atoms with Gasteiger partial charge in [-0.2, -0.15) is 0 Å². The maximum absolute atomic E-state index is 3.28. The van der Waals surface area contributed by atoms with Gasteiger partial charge in [-0.3, -0.25) is 0 Å². The third-order valence-electron chi connectivity index (χ3n) is 0.854. The Balaban J connectivity index is 0. The molecule has 0 aromatic carbocycles. The summed E-state index contributed by atoms with van der Waals surface area (Å²) in [5, 5.41) is 3.28. The summed E-state index contributed by atoms with van der Waals surface area (Å²) in [6.07, 6.45) is 2.50. The second-order valence-electron chi connectivity index (χ2n) is 1.75. The summed E-state index contributed by atoms with van der Waals surface area (Å²) in [5.74, 6) is 0. The molecule has 0 aliphatic rings. The van der Waals surface area contributed by atoms with Crippen molar-refractivity contribution in [2.75, 3.05) is 13.1 Å². The van der Waals surface area contributed by atoms with Crippen molar-refractivity contribution >= 4 is 0 Å². The van der Waals surface area contributed by atoms with E-state index in [1.807, 2.05) is 0 Å². The molecule has 2 heteroatoms. The summed E-state index contributed by atoms with van der Waals surface area (Å²) in [6, 6.07) is 0. The van der Waals surface area contributed by atoms with Crippen LogP contribution in [-0.4, -0.2) is 13.1 Å². The minimum atomic E-state index is 0. The normalized spacial score (nSPS) is 8.25. The fourth-order valence-electron chi connectivity index (χ4n) is 0.479. The van der Waals surface area contributed by atoms with Gasteiger partial charge >= 0.3 is 0 Å². The van der Waals surface area contributed by atoms with E-state index in [4.69, 9.17) is 0 Å². The van der Waals surface area contributed by atoms with Crippen molar-refractivity contribution in [2.24, 2.45) is 0 Å². The zero-order chi connectivity index (χ0) is 5.54. The van der Waals surface area contributed by atoms with Gasteiger partial charge < -0.3 is 5.32 Å². The molecule has 0 bridgehead atoms. The van der Waals surface area contributed by atoms with E-state index < -0.39 is 0 Å². The van der Waals surface area contributed by atoms with Crippen LogP contribution < -0.4 is 5.32 Å². The van der Waals surface area contributed by atoms with Crippen LogP contribution in [0.2, 0.25) is 0 Å². The van der Waals surface area contributed by atoms with Crippen LogP contribution in [0.25, 0.3) is 0 Å². The van der Waals surface area contributed by atoms with Gasteiger partial charge in [-0.25, -0.2) is 0 Å². The van der Waals surface area contributed by atoms with Crippen molar-refractivity contribution in [1.82, 2.24) is 5.32 Å². The van der Waals surface area contributed by atoms with Gasteiger partial charge in [0.1, 0.15) is 0 Å². The van der Waals surface area contributed by atoms with Gasteiger partial charge in [0.2, 0.25) is 0 Å². The predicted molar refractivity (Wildman–Crippen MR) is 33.5 cm³/mol. The van der Waals surface area contributed by atoms with Crippen molar-refractivity contribution in [3.05, 3.63) is 0 Å². The van der Waals surface area contributed by atoms with E-state index in [2.05, 4.69) is 19.2 Å². The molecule has 0 unspecified atom stereocenters. The Morgan fingerprint density at radius 2 is 1.38 bits per heavy atom. The van der Waals surface area contributed by atoms with Crippen LogP contribution in [0.1, 0.15) is 26.7 Å². The third kappa shape index (κ3) is 9.85. The molecule has 49 valence electrons. The fraction of sp³-hybridized carbons (Fsp3) is 1.00. The van der Waals surface area contributed by atoms with E-state index in [0.29, 0.717) is 0 Å². The van der Waals surface area contributed by atoms with Crippen molar-refractivity contribution in [3.8, 4) is 0 Å². The topological polar surface area (TPSA) is 12.0 Å². The average Bonchev–Trinajstić information content (AvgIpc) is 1.69. The van der Waals surface area contributed by atoms with E-state index in [-0.39, 0.29) is 22.4 Å². The number of hydrogen-bond donors (Lipinski definition) is 1. The molecule has 0 amide bonds. The van der Waals surface area contributed by atoms with Gasteiger partial charge in [-0.05, 0) is 25.9 Å². The summed E-state index contributed by atoms with van der Waals surface area (Å²) in [6.45, 7) is 6.72. The van der Waals surface area contributed by atoms with E-state index in [9.17, 15) is 0 Å². The van der Waals surface area contributed by atoms with Crippen molar-refractivity contribution in [2.45, 2.75) is 26.7 Å². The molecule has 1 nitrogen and oxygen atoms in total. The first kappa shape index (κ1) is 11.5. The molecular formula is C6H15NTa. The van der Waals surface area contributed by atoms with Gasteiger partial charge in [-0.1, -0.05) is 13.8 Å².